The molecule has 0 radical (unpaired) electrons. The number of amides is 2. The molecule has 5 nitrogen and oxygen atoms in total. The molecule has 0 unspecified atom stereocenters. The molecule has 2 heterocycles. The summed E-state index contributed by atoms with van der Waals surface area (Å²) in [6.07, 6.45) is 4.01. The van der Waals surface area contributed by atoms with Gasteiger partial charge in [0.25, 0.3) is 0 Å². The van der Waals surface area contributed by atoms with Gasteiger partial charge in [-0.3, -0.25) is 9.59 Å². The Morgan fingerprint density at radius 1 is 1.13 bits per heavy atom. The third kappa shape index (κ3) is 3.55. The Morgan fingerprint density at radius 2 is 1.91 bits per heavy atom. The first-order valence-electron chi connectivity index (χ1n) is 8.42. The standard InChI is InChI=1S/C18H24N2O3/c21-16-9-5-2-6-11-19(16)13-17(22)20-12-10-18(23,14-20)15-7-3-1-4-8-15/h1,3-4,7-8,23H,2,5-6,9-14H2/t18-/m1/s1. The van der Waals surface area contributed by atoms with Gasteiger partial charge in [0, 0.05) is 19.5 Å². The van der Waals surface area contributed by atoms with E-state index in [2.05, 4.69) is 0 Å². The van der Waals surface area contributed by atoms with E-state index in [-0.39, 0.29) is 18.4 Å². The second kappa shape index (κ2) is 6.71. The Balaban J connectivity index is 1.62. The van der Waals surface area contributed by atoms with Gasteiger partial charge in [-0.25, -0.2) is 0 Å². The van der Waals surface area contributed by atoms with Crippen molar-refractivity contribution in [3.63, 3.8) is 0 Å². The van der Waals surface area contributed by atoms with Gasteiger partial charge in [0.1, 0.15) is 5.60 Å². The molecule has 2 aliphatic heterocycles. The van der Waals surface area contributed by atoms with Crippen molar-refractivity contribution < 1.29 is 14.7 Å². The highest BCUT2D eigenvalue weighted by atomic mass is 16.3. The van der Waals surface area contributed by atoms with Crippen molar-refractivity contribution in [1.29, 1.82) is 0 Å². The summed E-state index contributed by atoms with van der Waals surface area (Å²) < 4.78 is 0. The quantitative estimate of drug-likeness (QED) is 0.919. The first kappa shape index (κ1) is 16.0. The summed E-state index contributed by atoms with van der Waals surface area (Å²) in [6.45, 7) is 1.65. The largest absolute Gasteiger partial charge is 0.383 e. The van der Waals surface area contributed by atoms with Gasteiger partial charge in [-0.1, -0.05) is 36.8 Å². The molecule has 0 aliphatic carbocycles. The zero-order chi connectivity index (χ0) is 16.3. The normalized spacial score (nSPS) is 25.5. The molecule has 0 spiro atoms. The Hall–Kier alpha value is -1.88. The van der Waals surface area contributed by atoms with E-state index >= 15 is 0 Å². The first-order valence-corrected chi connectivity index (χ1v) is 8.42. The van der Waals surface area contributed by atoms with Gasteiger partial charge >= 0.3 is 0 Å². The lowest BCUT2D eigenvalue weighted by molar-refractivity contribution is -0.140. The molecular weight excluding hydrogens is 292 g/mol. The average Bonchev–Trinajstić information content (AvgIpc) is 2.87. The van der Waals surface area contributed by atoms with Crippen molar-refractivity contribution in [3.8, 4) is 0 Å². The fourth-order valence-electron chi connectivity index (χ4n) is 3.46. The number of likely N-dealkylation sites (tertiary alicyclic amines) is 2. The average molecular weight is 316 g/mol. The van der Waals surface area contributed by atoms with Crippen molar-refractivity contribution >= 4 is 11.8 Å². The number of β-amino-alcohol motifs (C(OH)–C–C–N with tert-alkyl or cyclic N) is 1. The molecule has 124 valence electrons. The van der Waals surface area contributed by atoms with Crippen molar-refractivity contribution in [3.05, 3.63) is 35.9 Å². The van der Waals surface area contributed by atoms with Gasteiger partial charge in [0.2, 0.25) is 11.8 Å². The van der Waals surface area contributed by atoms with Crippen LogP contribution in [0.5, 0.6) is 0 Å². The highest BCUT2D eigenvalue weighted by molar-refractivity contribution is 5.85. The molecule has 1 N–H and O–H groups in total. The highest BCUT2D eigenvalue weighted by Gasteiger charge is 2.39. The molecule has 2 aliphatic rings. The maximum Gasteiger partial charge on any atom is 0.242 e. The molecule has 2 fully saturated rings. The molecule has 0 bridgehead atoms. The molecule has 2 amide bonds. The van der Waals surface area contributed by atoms with Crippen LogP contribution < -0.4 is 0 Å². The van der Waals surface area contributed by atoms with Crippen molar-refractivity contribution in [2.75, 3.05) is 26.2 Å². The van der Waals surface area contributed by atoms with Crippen LogP contribution in [0.1, 0.15) is 37.7 Å². The van der Waals surface area contributed by atoms with E-state index in [4.69, 9.17) is 0 Å². The van der Waals surface area contributed by atoms with Crippen molar-refractivity contribution in [2.45, 2.75) is 37.7 Å². The molecule has 1 aromatic carbocycles. The molecule has 0 saturated carbocycles. The Bertz CT molecular complexity index is 575. The Morgan fingerprint density at radius 3 is 2.70 bits per heavy atom. The van der Waals surface area contributed by atoms with Crippen LogP contribution in [-0.2, 0) is 15.2 Å². The summed E-state index contributed by atoms with van der Waals surface area (Å²) in [6, 6.07) is 9.50. The second-order valence-electron chi connectivity index (χ2n) is 6.59. The van der Waals surface area contributed by atoms with Gasteiger partial charge < -0.3 is 14.9 Å². The molecule has 23 heavy (non-hydrogen) atoms. The third-order valence-electron chi connectivity index (χ3n) is 4.91. The van der Waals surface area contributed by atoms with Gasteiger partial charge in [-0.05, 0) is 24.8 Å². The lowest BCUT2D eigenvalue weighted by atomic mass is 9.93. The van der Waals surface area contributed by atoms with Crippen LogP contribution in [-0.4, -0.2) is 52.9 Å². The summed E-state index contributed by atoms with van der Waals surface area (Å²) in [7, 11) is 0. The fraction of sp³-hybridized carbons (Fsp3) is 0.556. The minimum Gasteiger partial charge on any atom is -0.383 e. The smallest absolute Gasteiger partial charge is 0.242 e. The molecule has 1 atom stereocenters. The molecule has 1 aromatic rings. The van der Waals surface area contributed by atoms with E-state index in [0.29, 0.717) is 32.5 Å². The number of carbonyl (C=O) groups is 2. The van der Waals surface area contributed by atoms with E-state index in [1.165, 1.54) is 0 Å². The van der Waals surface area contributed by atoms with Gasteiger partial charge in [-0.2, -0.15) is 0 Å². The number of nitrogens with zero attached hydrogens (tertiary/aromatic N) is 2. The summed E-state index contributed by atoms with van der Waals surface area (Å²) in [5, 5.41) is 10.8. The number of rotatable bonds is 3. The van der Waals surface area contributed by atoms with E-state index in [1.54, 1.807) is 9.80 Å². The molecule has 3 rings (SSSR count). The Labute approximate surface area is 136 Å². The third-order valence-corrected chi connectivity index (χ3v) is 4.91. The topological polar surface area (TPSA) is 60.9 Å². The van der Waals surface area contributed by atoms with Crippen LogP contribution >= 0.6 is 0 Å². The van der Waals surface area contributed by atoms with E-state index in [0.717, 1.165) is 24.8 Å². The number of aliphatic hydroxyl groups is 1. The van der Waals surface area contributed by atoms with Crippen LogP contribution in [0.2, 0.25) is 0 Å². The van der Waals surface area contributed by atoms with Gasteiger partial charge in [0.05, 0.1) is 13.1 Å². The lowest BCUT2D eigenvalue weighted by Crippen LogP contribution is -2.43. The number of hydrogen-bond acceptors (Lipinski definition) is 3. The van der Waals surface area contributed by atoms with Crippen LogP contribution in [0, 0.1) is 0 Å². The minimum atomic E-state index is -0.973. The number of hydrogen-bond donors (Lipinski definition) is 1. The predicted molar refractivity (Wildman–Crippen MR) is 86.6 cm³/mol. The van der Waals surface area contributed by atoms with Gasteiger partial charge in [-0.15, -0.1) is 0 Å². The number of benzene rings is 1. The highest BCUT2D eigenvalue weighted by Crippen LogP contribution is 2.31. The summed E-state index contributed by atoms with van der Waals surface area (Å²) >= 11 is 0. The summed E-state index contributed by atoms with van der Waals surface area (Å²) in [5.74, 6) is 0.0143. The van der Waals surface area contributed by atoms with Crippen LogP contribution in [0.25, 0.3) is 0 Å². The molecular formula is C18H24N2O3. The molecule has 5 heteroatoms. The number of carbonyl (C=O) groups excluding carboxylic acids is 2. The predicted octanol–water partition coefficient (Wildman–Crippen LogP) is 1.51. The maximum atomic E-state index is 12.5. The maximum absolute atomic E-state index is 12.5. The SMILES string of the molecule is O=C1CCCCCN1CC(=O)N1CC[C@](O)(c2ccccc2)C1. The molecule has 0 aromatic heterocycles. The molecule has 2 saturated heterocycles. The van der Waals surface area contributed by atoms with Crippen molar-refractivity contribution in [2.24, 2.45) is 0 Å². The second-order valence-corrected chi connectivity index (χ2v) is 6.59. The van der Waals surface area contributed by atoms with Crippen molar-refractivity contribution in [1.82, 2.24) is 9.80 Å². The van der Waals surface area contributed by atoms with Crippen LogP contribution in [0.15, 0.2) is 30.3 Å². The first-order chi connectivity index (χ1) is 11.1. The monoisotopic (exact) mass is 316 g/mol. The summed E-state index contributed by atoms with van der Waals surface area (Å²) in [5.41, 5.74) is -0.124. The zero-order valence-corrected chi connectivity index (χ0v) is 13.4. The summed E-state index contributed by atoms with van der Waals surface area (Å²) in [4.78, 5) is 27.9. The van der Waals surface area contributed by atoms with E-state index in [1.807, 2.05) is 30.3 Å². The fourth-order valence-corrected chi connectivity index (χ4v) is 3.46. The lowest BCUT2D eigenvalue weighted by Gasteiger charge is -2.26. The minimum absolute atomic E-state index is 0.0629. The van der Waals surface area contributed by atoms with Crippen LogP contribution in [0.3, 0.4) is 0 Å². The van der Waals surface area contributed by atoms with Crippen LogP contribution in [0.4, 0.5) is 0 Å². The zero-order valence-electron chi connectivity index (χ0n) is 13.4. The Kier molecular flexibility index (Phi) is 4.66. The van der Waals surface area contributed by atoms with E-state index in [9.17, 15) is 14.7 Å². The van der Waals surface area contributed by atoms with E-state index < -0.39 is 5.60 Å². The van der Waals surface area contributed by atoms with Gasteiger partial charge in [0.15, 0.2) is 0 Å².